The largest absolute Gasteiger partial charge is 0.481 e. The maximum absolute atomic E-state index is 13.3. The number of ether oxygens (including phenoxy) is 1. The average Bonchev–Trinajstić information content (AvgIpc) is 3.11. The van der Waals surface area contributed by atoms with Crippen LogP contribution in [-0.2, 0) is 27.2 Å². The van der Waals surface area contributed by atoms with Gasteiger partial charge in [0.1, 0.15) is 5.00 Å². The molecule has 2 N–H and O–H groups in total. The van der Waals surface area contributed by atoms with E-state index in [1.54, 1.807) is 4.90 Å². The number of anilines is 1. The second-order valence-electron chi connectivity index (χ2n) is 7.80. The number of thiophene rings is 1. The van der Waals surface area contributed by atoms with E-state index in [4.69, 9.17) is 4.74 Å². The standard InChI is InChI=1S/C21H26N2O5S/c24-18(13-5-1-2-6-14(13)21(26)27)22-19-17(15-7-3-4-8-16(15)29-19)20(25)23-9-11-28-12-10-23/h1-2,13-14H,3-12H2,(H,22,24)(H,26,27)/t13-,14+/m1/s1. The zero-order valence-electron chi connectivity index (χ0n) is 16.3. The minimum Gasteiger partial charge on any atom is -0.481 e. The van der Waals surface area contributed by atoms with Crippen LogP contribution in [0.25, 0.3) is 0 Å². The average molecular weight is 419 g/mol. The summed E-state index contributed by atoms with van der Waals surface area (Å²) in [5.74, 6) is -2.67. The number of hydrogen-bond donors (Lipinski definition) is 2. The summed E-state index contributed by atoms with van der Waals surface area (Å²) in [7, 11) is 0. The van der Waals surface area contributed by atoms with Crippen molar-refractivity contribution in [1.82, 2.24) is 4.90 Å². The van der Waals surface area contributed by atoms with Crippen molar-refractivity contribution in [3.05, 3.63) is 28.2 Å². The SMILES string of the molecule is O=C(O)[C@H]1CC=CC[C@H]1C(=O)Nc1sc2c(c1C(=O)N1CCOCC1)CCCC2. The Labute approximate surface area is 173 Å². The molecule has 8 heteroatoms. The summed E-state index contributed by atoms with van der Waals surface area (Å²) in [6.07, 6.45) is 8.33. The lowest BCUT2D eigenvalue weighted by Crippen LogP contribution is -2.41. The zero-order chi connectivity index (χ0) is 20.4. The Kier molecular flexibility index (Phi) is 6.01. The lowest BCUT2D eigenvalue weighted by atomic mass is 9.82. The molecule has 2 aliphatic carbocycles. The number of carboxylic acid groups (broad SMARTS) is 1. The van der Waals surface area contributed by atoms with Crippen LogP contribution in [0.2, 0.25) is 0 Å². The number of fused-ring (bicyclic) bond motifs is 1. The third kappa shape index (κ3) is 4.09. The van der Waals surface area contributed by atoms with Crippen molar-refractivity contribution < 1.29 is 24.2 Å². The van der Waals surface area contributed by atoms with Gasteiger partial charge in [0.05, 0.1) is 30.6 Å². The molecule has 2 amide bonds. The molecule has 156 valence electrons. The van der Waals surface area contributed by atoms with Crippen LogP contribution >= 0.6 is 11.3 Å². The molecular weight excluding hydrogens is 392 g/mol. The number of rotatable bonds is 4. The van der Waals surface area contributed by atoms with Crippen LogP contribution < -0.4 is 5.32 Å². The molecule has 0 bridgehead atoms. The normalized spacial score (nSPS) is 24.1. The molecule has 0 aromatic carbocycles. The Morgan fingerprint density at radius 1 is 1.07 bits per heavy atom. The van der Waals surface area contributed by atoms with Crippen LogP contribution in [0.3, 0.4) is 0 Å². The van der Waals surface area contributed by atoms with E-state index in [0.717, 1.165) is 31.2 Å². The van der Waals surface area contributed by atoms with Gasteiger partial charge in [-0.15, -0.1) is 11.3 Å². The number of aryl methyl sites for hydroxylation is 1. The highest BCUT2D eigenvalue weighted by atomic mass is 32.1. The first-order valence-electron chi connectivity index (χ1n) is 10.3. The van der Waals surface area contributed by atoms with Crippen LogP contribution in [0.1, 0.15) is 46.5 Å². The number of carbonyl (C=O) groups excluding carboxylic acids is 2. The van der Waals surface area contributed by atoms with E-state index < -0.39 is 17.8 Å². The molecule has 4 rings (SSSR count). The van der Waals surface area contributed by atoms with Crippen LogP contribution in [0.15, 0.2) is 12.2 Å². The molecule has 7 nitrogen and oxygen atoms in total. The lowest BCUT2D eigenvalue weighted by molar-refractivity contribution is -0.146. The Morgan fingerprint density at radius 3 is 2.48 bits per heavy atom. The molecule has 3 aliphatic rings. The fourth-order valence-electron chi connectivity index (χ4n) is 4.39. The van der Waals surface area contributed by atoms with Gasteiger partial charge >= 0.3 is 5.97 Å². The molecule has 2 atom stereocenters. The topological polar surface area (TPSA) is 95.9 Å². The quantitative estimate of drug-likeness (QED) is 0.733. The number of morpholine rings is 1. The highest BCUT2D eigenvalue weighted by molar-refractivity contribution is 7.17. The number of carbonyl (C=O) groups is 3. The predicted octanol–water partition coefficient (Wildman–Crippen LogP) is 2.70. The number of carboxylic acids is 1. The molecule has 1 saturated heterocycles. The van der Waals surface area contributed by atoms with Crippen molar-refractivity contribution in [3.8, 4) is 0 Å². The summed E-state index contributed by atoms with van der Waals surface area (Å²) >= 11 is 1.48. The Balaban J connectivity index is 1.62. The molecule has 0 saturated carbocycles. The fourth-order valence-corrected chi connectivity index (χ4v) is 5.67. The van der Waals surface area contributed by atoms with E-state index >= 15 is 0 Å². The summed E-state index contributed by atoms with van der Waals surface area (Å²) in [6, 6.07) is 0. The molecule has 1 aliphatic heterocycles. The molecular formula is C21H26N2O5S. The Bertz CT molecular complexity index is 840. The first kappa shape index (κ1) is 20.1. The van der Waals surface area contributed by atoms with Gasteiger partial charge < -0.3 is 20.1 Å². The number of nitrogens with zero attached hydrogens (tertiary/aromatic N) is 1. The monoisotopic (exact) mass is 418 g/mol. The Hall–Kier alpha value is -2.19. The van der Waals surface area contributed by atoms with Crippen molar-refractivity contribution in [1.29, 1.82) is 0 Å². The van der Waals surface area contributed by atoms with Gasteiger partial charge in [-0.25, -0.2) is 0 Å². The summed E-state index contributed by atoms with van der Waals surface area (Å²) in [6.45, 7) is 2.14. The maximum atomic E-state index is 13.3. The van der Waals surface area contributed by atoms with Gasteiger partial charge in [0.15, 0.2) is 0 Å². The molecule has 0 spiro atoms. The summed E-state index contributed by atoms with van der Waals surface area (Å²) in [5.41, 5.74) is 1.67. The molecule has 1 aromatic heterocycles. The molecule has 2 heterocycles. The maximum Gasteiger partial charge on any atom is 0.307 e. The predicted molar refractivity (Wildman–Crippen MR) is 109 cm³/mol. The minimum atomic E-state index is -0.954. The van der Waals surface area contributed by atoms with Crippen molar-refractivity contribution >= 4 is 34.1 Å². The van der Waals surface area contributed by atoms with E-state index in [1.165, 1.54) is 16.2 Å². The van der Waals surface area contributed by atoms with Crippen molar-refractivity contribution in [2.24, 2.45) is 11.8 Å². The smallest absolute Gasteiger partial charge is 0.307 e. The van der Waals surface area contributed by atoms with Crippen LogP contribution in [0.4, 0.5) is 5.00 Å². The summed E-state index contributed by atoms with van der Waals surface area (Å²) < 4.78 is 5.37. The van der Waals surface area contributed by atoms with Gasteiger partial charge in [-0.1, -0.05) is 12.2 Å². The fraction of sp³-hybridized carbons (Fsp3) is 0.571. The lowest BCUT2D eigenvalue weighted by Gasteiger charge is -2.28. The number of hydrogen-bond acceptors (Lipinski definition) is 5. The highest BCUT2D eigenvalue weighted by Gasteiger charge is 2.36. The Morgan fingerprint density at radius 2 is 1.76 bits per heavy atom. The van der Waals surface area contributed by atoms with Crippen molar-refractivity contribution in [3.63, 3.8) is 0 Å². The van der Waals surface area contributed by atoms with Gasteiger partial charge in [0.2, 0.25) is 5.91 Å². The first-order valence-corrected chi connectivity index (χ1v) is 11.1. The molecule has 1 fully saturated rings. The van der Waals surface area contributed by atoms with Gasteiger partial charge in [-0.3, -0.25) is 14.4 Å². The van der Waals surface area contributed by atoms with E-state index in [1.807, 2.05) is 12.2 Å². The van der Waals surface area contributed by atoms with Crippen molar-refractivity contribution in [2.75, 3.05) is 31.6 Å². The number of amides is 2. The third-order valence-electron chi connectivity index (χ3n) is 6.01. The number of allylic oxidation sites excluding steroid dienone is 2. The summed E-state index contributed by atoms with van der Waals surface area (Å²) in [4.78, 5) is 40.8. The number of aliphatic carboxylic acids is 1. The van der Waals surface area contributed by atoms with Crippen molar-refractivity contribution in [2.45, 2.75) is 38.5 Å². The van der Waals surface area contributed by atoms with Crippen LogP contribution in [0.5, 0.6) is 0 Å². The van der Waals surface area contributed by atoms with Crippen LogP contribution in [-0.4, -0.2) is 54.1 Å². The third-order valence-corrected chi connectivity index (χ3v) is 7.21. The van der Waals surface area contributed by atoms with Gasteiger partial charge in [-0.2, -0.15) is 0 Å². The highest BCUT2D eigenvalue weighted by Crippen LogP contribution is 2.40. The van der Waals surface area contributed by atoms with Crippen LogP contribution in [0, 0.1) is 11.8 Å². The second-order valence-corrected chi connectivity index (χ2v) is 8.91. The minimum absolute atomic E-state index is 0.0543. The van der Waals surface area contributed by atoms with E-state index in [9.17, 15) is 19.5 Å². The van der Waals surface area contributed by atoms with E-state index in [0.29, 0.717) is 49.7 Å². The van der Waals surface area contributed by atoms with Gasteiger partial charge in [0, 0.05) is 18.0 Å². The molecule has 1 aromatic rings. The van der Waals surface area contributed by atoms with E-state index in [2.05, 4.69) is 5.32 Å². The molecule has 0 unspecified atom stereocenters. The number of nitrogens with one attached hydrogen (secondary N) is 1. The van der Waals surface area contributed by atoms with Gasteiger partial charge in [-0.05, 0) is 44.1 Å². The summed E-state index contributed by atoms with van der Waals surface area (Å²) in [5, 5.41) is 13.0. The van der Waals surface area contributed by atoms with E-state index in [-0.39, 0.29) is 11.8 Å². The molecule has 29 heavy (non-hydrogen) atoms. The van der Waals surface area contributed by atoms with Gasteiger partial charge in [0.25, 0.3) is 5.91 Å². The first-order chi connectivity index (χ1) is 14.1. The molecule has 0 radical (unpaired) electrons. The zero-order valence-corrected chi connectivity index (χ0v) is 17.1. The second kappa shape index (κ2) is 8.67.